The van der Waals surface area contributed by atoms with Gasteiger partial charge in [0.1, 0.15) is 0 Å². The van der Waals surface area contributed by atoms with E-state index in [0.717, 1.165) is 5.56 Å². The molecule has 0 aliphatic rings. The minimum Gasteiger partial charge on any atom is -0.481 e. The summed E-state index contributed by atoms with van der Waals surface area (Å²) in [6.07, 6.45) is 1.07. The van der Waals surface area contributed by atoms with Crippen molar-refractivity contribution in [1.82, 2.24) is 10.3 Å². The summed E-state index contributed by atoms with van der Waals surface area (Å²) in [5, 5.41) is 11.7. The van der Waals surface area contributed by atoms with Gasteiger partial charge in [0, 0.05) is 12.3 Å². The molecule has 0 aliphatic heterocycles. The van der Waals surface area contributed by atoms with Crippen molar-refractivity contribution in [3.8, 4) is 0 Å². The molecule has 2 rings (SSSR count). The summed E-state index contributed by atoms with van der Waals surface area (Å²) in [6, 6.07) is 9.28. The van der Waals surface area contributed by atoms with E-state index in [1.54, 1.807) is 12.1 Å². The molecule has 1 atom stereocenters. The monoisotopic (exact) mass is 300 g/mol. The highest BCUT2D eigenvalue weighted by atomic mass is 16.4. The maximum atomic E-state index is 12.2. The molecule has 1 amide bonds. The van der Waals surface area contributed by atoms with Crippen molar-refractivity contribution in [2.24, 2.45) is 0 Å². The molecule has 22 heavy (non-hydrogen) atoms. The molecule has 0 saturated carbocycles. The van der Waals surface area contributed by atoms with Crippen molar-refractivity contribution in [2.75, 3.05) is 0 Å². The number of carbonyl (C=O) groups is 2. The number of aromatic amines is 1. The van der Waals surface area contributed by atoms with Gasteiger partial charge in [0.05, 0.1) is 18.0 Å². The predicted octanol–water partition coefficient (Wildman–Crippen LogP) is 1.63. The Labute approximate surface area is 126 Å². The fourth-order valence-electron chi connectivity index (χ4n) is 2.02. The zero-order valence-electron chi connectivity index (χ0n) is 12.0. The van der Waals surface area contributed by atoms with Crippen LogP contribution in [0.15, 0.2) is 47.4 Å². The van der Waals surface area contributed by atoms with Crippen LogP contribution in [0.3, 0.4) is 0 Å². The molecule has 0 saturated heterocycles. The Balaban J connectivity index is 2.20. The van der Waals surface area contributed by atoms with E-state index in [-0.39, 0.29) is 17.5 Å². The van der Waals surface area contributed by atoms with Crippen molar-refractivity contribution in [3.05, 3.63) is 69.6 Å². The van der Waals surface area contributed by atoms with Gasteiger partial charge in [-0.2, -0.15) is 0 Å². The molecule has 0 spiro atoms. The third-order valence-electron chi connectivity index (χ3n) is 3.21. The van der Waals surface area contributed by atoms with Crippen LogP contribution < -0.4 is 10.9 Å². The number of carboxylic acid groups (broad SMARTS) is 1. The van der Waals surface area contributed by atoms with E-state index < -0.39 is 17.9 Å². The van der Waals surface area contributed by atoms with Crippen molar-refractivity contribution < 1.29 is 14.7 Å². The molecule has 0 radical (unpaired) electrons. The molecule has 2 aromatic rings. The number of nitrogens with one attached hydrogen (secondary N) is 2. The van der Waals surface area contributed by atoms with Crippen molar-refractivity contribution in [1.29, 1.82) is 0 Å². The van der Waals surface area contributed by atoms with Gasteiger partial charge in [-0.15, -0.1) is 0 Å². The van der Waals surface area contributed by atoms with E-state index in [1.807, 2.05) is 19.1 Å². The Morgan fingerprint density at radius 2 is 1.86 bits per heavy atom. The molecule has 6 heteroatoms. The quantitative estimate of drug-likeness (QED) is 0.781. The number of aromatic nitrogens is 1. The highest BCUT2D eigenvalue weighted by Gasteiger charge is 2.19. The van der Waals surface area contributed by atoms with Gasteiger partial charge in [0.15, 0.2) is 0 Å². The molecule has 1 aromatic heterocycles. The van der Waals surface area contributed by atoms with Gasteiger partial charge in [0.25, 0.3) is 5.91 Å². The number of hydrogen-bond acceptors (Lipinski definition) is 3. The van der Waals surface area contributed by atoms with Crippen LogP contribution in [0.2, 0.25) is 0 Å². The van der Waals surface area contributed by atoms with Gasteiger partial charge in [-0.25, -0.2) is 0 Å². The molecule has 0 aliphatic carbocycles. The summed E-state index contributed by atoms with van der Waals surface area (Å²) in [5.41, 5.74) is 1.72. The average molecular weight is 300 g/mol. The van der Waals surface area contributed by atoms with Crippen LogP contribution >= 0.6 is 0 Å². The van der Waals surface area contributed by atoms with Crippen molar-refractivity contribution in [2.45, 2.75) is 19.4 Å². The first-order valence-corrected chi connectivity index (χ1v) is 6.73. The molecule has 3 N–H and O–H groups in total. The molecular formula is C16H16N2O4. The lowest BCUT2D eigenvalue weighted by atomic mass is 10.0. The smallest absolute Gasteiger partial charge is 0.305 e. The van der Waals surface area contributed by atoms with E-state index in [4.69, 9.17) is 5.11 Å². The minimum absolute atomic E-state index is 0.224. The number of aryl methyl sites for hydroxylation is 1. The van der Waals surface area contributed by atoms with Gasteiger partial charge in [-0.3, -0.25) is 14.4 Å². The molecular weight excluding hydrogens is 284 g/mol. The summed E-state index contributed by atoms with van der Waals surface area (Å²) in [7, 11) is 0. The molecule has 114 valence electrons. The highest BCUT2D eigenvalue weighted by Crippen LogP contribution is 2.18. The number of carboxylic acids is 1. The Bertz CT molecular complexity index is 714. The van der Waals surface area contributed by atoms with Crippen LogP contribution in [0.25, 0.3) is 0 Å². The number of hydrogen-bond donors (Lipinski definition) is 3. The SMILES string of the molecule is Cc1ccc(C(CC(=O)O)NC(=O)c2ccc(=O)[nH]c2)cc1. The second-order valence-electron chi connectivity index (χ2n) is 4.98. The fourth-order valence-corrected chi connectivity index (χ4v) is 2.02. The minimum atomic E-state index is -1.01. The first-order valence-electron chi connectivity index (χ1n) is 6.73. The van der Waals surface area contributed by atoms with E-state index in [1.165, 1.54) is 18.3 Å². The van der Waals surface area contributed by atoms with Crippen LogP contribution in [-0.2, 0) is 4.79 Å². The molecule has 0 fully saturated rings. The van der Waals surface area contributed by atoms with E-state index in [9.17, 15) is 14.4 Å². The number of pyridine rings is 1. The van der Waals surface area contributed by atoms with E-state index in [0.29, 0.717) is 5.56 Å². The number of benzene rings is 1. The standard InChI is InChI=1S/C16H16N2O4/c1-10-2-4-11(5-3-10)13(8-15(20)21)18-16(22)12-6-7-14(19)17-9-12/h2-7,9,13H,8H2,1H3,(H,17,19)(H,18,22)(H,20,21). The maximum Gasteiger partial charge on any atom is 0.305 e. The molecule has 0 bridgehead atoms. The van der Waals surface area contributed by atoms with E-state index >= 15 is 0 Å². The van der Waals surface area contributed by atoms with Crippen molar-refractivity contribution in [3.63, 3.8) is 0 Å². The van der Waals surface area contributed by atoms with Gasteiger partial charge < -0.3 is 15.4 Å². The summed E-state index contributed by atoms with van der Waals surface area (Å²) >= 11 is 0. The van der Waals surface area contributed by atoms with Crippen LogP contribution in [0, 0.1) is 6.92 Å². The van der Waals surface area contributed by atoms with Crippen LogP contribution in [0.4, 0.5) is 0 Å². The highest BCUT2D eigenvalue weighted by molar-refractivity contribution is 5.94. The van der Waals surface area contributed by atoms with Crippen LogP contribution in [-0.4, -0.2) is 22.0 Å². The Hall–Kier alpha value is -2.89. The predicted molar refractivity (Wildman–Crippen MR) is 80.7 cm³/mol. The lowest BCUT2D eigenvalue weighted by molar-refractivity contribution is -0.137. The topological polar surface area (TPSA) is 99.3 Å². The van der Waals surface area contributed by atoms with Crippen LogP contribution in [0.1, 0.15) is 33.9 Å². The lowest BCUT2D eigenvalue weighted by Crippen LogP contribution is -2.30. The number of H-pyrrole nitrogens is 1. The third kappa shape index (κ3) is 4.05. The van der Waals surface area contributed by atoms with Crippen molar-refractivity contribution >= 4 is 11.9 Å². The largest absolute Gasteiger partial charge is 0.481 e. The summed E-state index contributed by atoms with van der Waals surface area (Å²) in [4.78, 5) is 36.6. The van der Waals surface area contributed by atoms with Crippen LogP contribution in [0.5, 0.6) is 0 Å². The zero-order valence-corrected chi connectivity index (χ0v) is 12.0. The number of amides is 1. The average Bonchev–Trinajstić information content (AvgIpc) is 2.47. The first kappa shape index (κ1) is 15.5. The fraction of sp³-hybridized carbons (Fsp3) is 0.188. The second kappa shape index (κ2) is 6.71. The van der Waals surface area contributed by atoms with Gasteiger partial charge in [0.2, 0.25) is 5.56 Å². The van der Waals surface area contributed by atoms with Gasteiger partial charge >= 0.3 is 5.97 Å². The molecule has 1 heterocycles. The molecule has 1 unspecified atom stereocenters. The number of aliphatic carboxylic acids is 1. The number of carbonyl (C=O) groups excluding carboxylic acids is 1. The first-order chi connectivity index (χ1) is 10.5. The van der Waals surface area contributed by atoms with Gasteiger partial charge in [-0.05, 0) is 18.6 Å². The zero-order chi connectivity index (χ0) is 16.1. The maximum absolute atomic E-state index is 12.2. The summed E-state index contributed by atoms with van der Waals surface area (Å²) in [5.74, 6) is -1.45. The Morgan fingerprint density at radius 3 is 2.41 bits per heavy atom. The Kier molecular flexibility index (Phi) is 4.73. The molecule has 6 nitrogen and oxygen atoms in total. The summed E-state index contributed by atoms with van der Waals surface area (Å²) < 4.78 is 0. The third-order valence-corrected chi connectivity index (χ3v) is 3.21. The lowest BCUT2D eigenvalue weighted by Gasteiger charge is -2.17. The van der Waals surface area contributed by atoms with Gasteiger partial charge in [-0.1, -0.05) is 29.8 Å². The second-order valence-corrected chi connectivity index (χ2v) is 4.98. The normalized spacial score (nSPS) is 11.7. The summed E-state index contributed by atoms with van der Waals surface area (Å²) in [6.45, 7) is 1.93. The molecule has 1 aromatic carbocycles. The Morgan fingerprint density at radius 1 is 1.18 bits per heavy atom. The van der Waals surface area contributed by atoms with E-state index in [2.05, 4.69) is 10.3 Å². The number of rotatable bonds is 5.